The highest BCUT2D eigenvalue weighted by atomic mass is 16.4. The molecule has 0 aromatic carbocycles. The topological polar surface area (TPSA) is 57.2 Å². The average Bonchev–Trinajstić information content (AvgIpc) is 2.15. The fourth-order valence-corrected chi connectivity index (χ4v) is 2.66. The molecule has 3 heteroatoms. The van der Waals surface area contributed by atoms with Gasteiger partial charge in [-0.1, -0.05) is 27.2 Å². The Labute approximate surface area is 90.9 Å². The Balaban J connectivity index is 2.79. The van der Waals surface area contributed by atoms with Gasteiger partial charge in [-0.25, -0.2) is 0 Å². The maximum absolute atomic E-state index is 11.5. The predicted octanol–water partition coefficient (Wildman–Crippen LogP) is 1.01. The van der Waals surface area contributed by atoms with Crippen molar-refractivity contribution in [2.45, 2.75) is 40.0 Å². The van der Waals surface area contributed by atoms with Crippen molar-refractivity contribution < 1.29 is 14.7 Å². The van der Waals surface area contributed by atoms with E-state index in [9.17, 15) is 14.7 Å². The number of carboxylic acid groups (broad SMARTS) is 1. The zero-order chi connectivity index (χ0) is 11.6. The van der Waals surface area contributed by atoms with Crippen LogP contribution in [0.4, 0.5) is 0 Å². The number of carboxylic acids is 1. The second-order valence-corrected chi connectivity index (χ2v) is 5.08. The minimum Gasteiger partial charge on any atom is -0.542 e. The van der Waals surface area contributed by atoms with E-state index in [1.165, 1.54) is 0 Å². The summed E-state index contributed by atoms with van der Waals surface area (Å²) >= 11 is 0. The number of carbonyl (C=O) groups excluding carboxylic acids is 2. The number of aliphatic carboxylic acids is 1. The van der Waals surface area contributed by atoms with E-state index in [0.29, 0.717) is 18.3 Å². The number of hydrogen-bond acceptors (Lipinski definition) is 3. The predicted molar refractivity (Wildman–Crippen MR) is 54.8 cm³/mol. The van der Waals surface area contributed by atoms with Gasteiger partial charge < -0.3 is 9.90 Å². The van der Waals surface area contributed by atoms with Crippen molar-refractivity contribution in [1.82, 2.24) is 0 Å². The number of rotatable bonds is 3. The highest BCUT2D eigenvalue weighted by molar-refractivity contribution is 6.32. The van der Waals surface area contributed by atoms with Gasteiger partial charge >= 0.3 is 0 Å². The highest BCUT2D eigenvalue weighted by Gasteiger charge is 2.35. The molecule has 15 heavy (non-hydrogen) atoms. The van der Waals surface area contributed by atoms with E-state index in [-0.39, 0.29) is 11.8 Å². The Kier molecular flexibility index (Phi) is 3.89. The Morgan fingerprint density at radius 1 is 1.27 bits per heavy atom. The van der Waals surface area contributed by atoms with E-state index < -0.39 is 11.8 Å². The maximum Gasteiger partial charge on any atom is 0.181 e. The van der Waals surface area contributed by atoms with Gasteiger partial charge in [0.05, 0.1) is 0 Å². The molecule has 1 rings (SSSR count). The van der Waals surface area contributed by atoms with Crippen LogP contribution in [0.3, 0.4) is 0 Å². The summed E-state index contributed by atoms with van der Waals surface area (Å²) in [6, 6.07) is 0. The van der Waals surface area contributed by atoms with Gasteiger partial charge in [0.25, 0.3) is 0 Å². The first-order valence-electron chi connectivity index (χ1n) is 5.68. The molecule has 0 spiro atoms. The third kappa shape index (κ3) is 2.80. The van der Waals surface area contributed by atoms with E-state index in [4.69, 9.17) is 0 Å². The molecular weight excluding hydrogens is 192 g/mol. The number of ketones is 1. The molecule has 0 bridgehead atoms. The molecule has 3 atom stereocenters. The number of hydrogen-bond donors (Lipinski definition) is 0. The molecule has 0 amide bonds. The summed E-state index contributed by atoms with van der Waals surface area (Å²) in [5.41, 5.74) is 0. The molecule has 0 aromatic heterocycles. The second-order valence-electron chi connectivity index (χ2n) is 5.08. The largest absolute Gasteiger partial charge is 0.542 e. The lowest BCUT2D eigenvalue weighted by molar-refractivity contribution is -0.300. The highest BCUT2D eigenvalue weighted by Crippen LogP contribution is 2.38. The molecule has 1 aliphatic carbocycles. The van der Waals surface area contributed by atoms with Crippen LogP contribution in [-0.4, -0.2) is 11.8 Å². The molecule has 0 aromatic rings. The summed E-state index contributed by atoms with van der Waals surface area (Å²) in [5.74, 6) is -1.50. The van der Waals surface area contributed by atoms with Gasteiger partial charge in [0.15, 0.2) is 5.78 Å². The van der Waals surface area contributed by atoms with E-state index in [1.54, 1.807) is 0 Å². The summed E-state index contributed by atoms with van der Waals surface area (Å²) in [5, 5.41) is 10.6. The average molecular weight is 211 g/mol. The Morgan fingerprint density at radius 2 is 1.87 bits per heavy atom. The first kappa shape index (κ1) is 12.2. The van der Waals surface area contributed by atoms with Crippen LogP contribution in [0.25, 0.3) is 0 Å². The monoisotopic (exact) mass is 211 g/mol. The third-order valence-corrected chi connectivity index (χ3v) is 3.56. The quantitative estimate of drug-likeness (QED) is 0.655. The van der Waals surface area contributed by atoms with Crippen molar-refractivity contribution in [2.24, 2.45) is 23.7 Å². The Hall–Kier alpha value is -0.860. The van der Waals surface area contributed by atoms with Gasteiger partial charge in [-0.2, -0.15) is 0 Å². The zero-order valence-electron chi connectivity index (χ0n) is 9.66. The van der Waals surface area contributed by atoms with Crippen LogP contribution in [0.15, 0.2) is 0 Å². The third-order valence-electron chi connectivity index (χ3n) is 3.56. The van der Waals surface area contributed by atoms with E-state index in [0.717, 1.165) is 12.8 Å². The molecule has 0 heterocycles. The van der Waals surface area contributed by atoms with E-state index in [2.05, 4.69) is 20.8 Å². The van der Waals surface area contributed by atoms with Crippen LogP contribution < -0.4 is 5.11 Å². The standard InChI is InChI=1S/C12H20O3/c1-7(2)9-5-4-8(3)6-10(9)11(13)12(14)15/h7-10H,4-6H2,1-3H3,(H,14,15)/p-1. The lowest BCUT2D eigenvalue weighted by Crippen LogP contribution is -2.42. The van der Waals surface area contributed by atoms with Gasteiger partial charge in [0.1, 0.15) is 5.97 Å². The van der Waals surface area contributed by atoms with Crippen molar-refractivity contribution in [3.8, 4) is 0 Å². The molecule has 1 saturated carbocycles. The molecule has 0 N–H and O–H groups in total. The molecule has 86 valence electrons. The first-order chi connectivity index (χ1) is 6.93. The molecule has 3 unspecified atom stereocenters. The van der Waals surface area contributed by atoms with E-state index in [1.807, 2.05) is 0 Å². The fraction of sp³-hybridized carbons (Fsp3) is 0.833. The Morgan fingerprint density at radius 3 is 2.33 bits per heavy atom. The smallest absolute Gasteiger partial charge is 0.181 e. The first-order valence-corrected chi connectivity index (χ1v) is 5.68. The van der Waals surface area contributed by atoms with Gasteiger partial charge in [0.2, 0.25) is 0 Å². The lowest BCUT2D eigenvalue weighted by atomic mass is 9.68. The van der Waals surface area contributed by atoms with Gasteiger partial charge in [-0.15, -0.1) is 0 Å². The van der Waals surface area contributed by atoms with Crippen molar-refractivity contribution in [2.75, 3.05) is 0 Å². The molecule has 0 saturated heterocycles. The normalized spacial score (nSPS) is 31.6. The van der Waals surface area contributed by atoms with Gasteiger partial charge in [0, 0.05) is 5.92 Å². The minimum absolute atomic E-state index is 0.214. The lowest BCUT2D eigenvalue weighted by Gasteiger charge is -2.36. The van der Waals surface area contributed by atoms with Crippen LogP contribution in [0.2, 0.25) is 0 Å². The van der Waals surface area contributed by atoms with Crippen molar-refractivity contribution in [3.05, 3.63) is 0 Å². The molecule has 3 nitrogen and oxygen atoms in total. The van der Waals surface area contributed by atoms with Crippen LogP contribution >= 0.6 is 0 Å². The van der Waals surface area contributed by atoms with Crippen molar-refractivity contribution in [1.29, 1.82) is 0 Å². The van der Waals surface area contributed by atoms with Crippen LogP contribution in [0, 0.1) is 23.7 Å². The number of carbonyl (C=O) groups is 2. The Bertz CT molecular complexity index is 258. The van der Waals surface area contributed by atoms with Crippen LogP contribution in [-0.2, 0) is 9.59 Å². The molecule has 1 aliphatic rings. The summed E-state index contributed by atoms with van der Waals surface area (Å²) in [7, 11) is 0. The van der Waals surface area contributed by atoms with E-state index >= 15 is 0 Å². The zero-order valence-corrected chi connectivity index (χ0v) is 9.66. The van der Waals surface area contributed by atoms with Crippen molar-refractivity contribution >= 4 is 11.8 Å². The summed E-state index contributed by atoms with van der Waals surface area (Å²) < 4.78 is 0. The van der Waals surface area contributed by atoms with Crippen LogP contribution in [0.5, 0.6) is 0 Å². The minimum atomic E-state index is -1.51. The summed E-state index contributed by atoms with van der Waals surface area (Å²) in [4.78, 5) is 22.1. The van der Waals surface area contributed by atoms with Crippen molar-refractivity contribution in [3.63, 3.8) is 0 Å². The SMILES string of the molecule is CC1CCC(C(C)C)C(C(=O)C(=O)[O-])C1. The number of Topliss-reactive ketones (excluding diaryl/α,β-unsaturated/α-hetero) is 1. The molecule has 0 aliphatic heterocycles. The van der Waals surface area contributed by atoms with Gasteiger partial charge in [-0.05, 0) is 30.6 Å². The maximum atomic E-state index is 11.5. The molecule has 0 radical (unpaired) electrons. The van der Waals surface area contributed by atoms with Crippen LogP contribution in [0.1, 0.15) is 40.0 Å². The second kappa shape index (κ2) is 4.77. The summed E-state index contributed by atoms with van der Waals surface area (Å²) in [6.07, 6.45) is 2.76. The molecule has 1 fully saturated rings. The molecular formula is C12H19O3-. The summed E-state index contributed by atoms with van der Waals surface area (Å²) in [6.45, 7) is 6.18. The van der Waals surface area contributed by atoms with Gasteiger partial charge in [-0.3, -0.25) is 4.79 Å². The fourth-order valence-electron chi connectivity index (χ4n) is 2.66.